The third-order valence-electron chi connectivity index (χ3n) is 4.23. The molecule has 1 aliphatic rings. The van der Waals surface area contributed by atoms with Gasteiger partial charge in [0.1, 0.15) is 23.4 Å². The Kier molecular flexibility index (Phi) is 5.05. The molecule has 0 fully saturated rings. The number of aromatic nitrogens is 1. The predicted octanol–water partition coefficient (Wildman–Crippen LogP) is 4.14. The van der Waals surface area contributed by atoms with Crippen molar-refractivity contribution >= 4 is 11.7 Å². The molecule has 0 saturated carbocycles. The van der Waals surface area contributed by atoms with Crippen molar-refractivity contribution < 1.29 is 18.7 Å². The molecule has 142 valence electrons. The molecule has 7 heteroatoms. The van der Waals surface area contributed by atoms with Crippen LogP contribution in [0, 0.1) is 5.82 Å². The van der Waals surface area contributed by atoms with Crippen LogP contribution in [-0.2, 0) is 6.42 Å². The molecule has 2 aromatic carbocycles. The monoisotopic (exact) mass is 379 g/mol. The topological polar surface area (TPSA) is 72.5 Å². The Morgan fingerprint density at radius 3 is 2.71 bits per heavy atom. The average Bonchev–Trinajstić information content (AvgIpc) is 3.13. The van der Waals surface area contributed by atoms with E-state index in [1.54, 1.807) is 12.1 Å². The molecule has 1 aromatic heterocycles. The Balaban J connectivity index is 1.25. The highest BCUT2D eigenvalue weighted by molar-refractivity contribution is 5.89. The maximum absolute atomic E-state index is 12.9. The molecule has 0 aliphatic carbocycles. The van der Waals surface area contributed by atoms with E-state index in [1.807, 2.05) is 24.3 Å². The second-order valence-electron chi connectivity index (χ2n) is 6.33. The van der Waals surface area contributed by atoms with E-state index in [9.17, 15) is 9.18 Å². The van der Waals surface area contributed by atoms with Crippen LogP contribution < -0.4 is 20.1 Å². The maximum Gasteiger partial charge on any atom is 0.319 e. The van der Waals surface area contributed by atoms with Crippen LogP contribution in [0.3, 0.4) is 0 Å². The predicted molar refractivity (Wildman–Crippen MR) is 102 cm³/mol. The van der Waals surface area contributed by atoms with Crippen LogP contribution in [0.15, 0.2) is 66.9 Å². The first kappa shape index (κ1) is 17.8. The van der Waals surface area contributed by atoms with Crippen molar-refractivity contribution in [1.29, 1.82) is 0 Å². The lowest BCUT2D eigenvalue weighted by molar-refractivity contribution is 0.219. The number of urea groups is 1. The van der Waals surface area contributed by atoms with Gasteiger partial charge in [-0.15, -0.1) is 0 Å². The van der Waals surface area contributed by atoms with Gasteiger partial charge >= 0.3 is 6.03 Å². The van der Waals surface area contributed by atoms with Gasteiger partial charge in [0.2, 0.25) is 5.88 Å². The second kappa shape index (κ2) is 7.96. The summed E-state index contributed by atoms with van der Waals surface area (Å²) < 4.78 is 24.2. The lowest BCUT2D eigenvalue weighted by atomic mass is 10.1. The SMILES string of the molecule is O=C(NCC1Cc2ccccc2O1)Nc1ccc(Oc2ccc(F)cc2)nc1. The Bertz CT molecular complexity index is 936. The minimum Gasteiger partial charge on any atom is -0.488 e. The fourth-order valence-electron chi connectivity index (χ4n) is 2.89. The van der Waals surface area contributed by atoms with Crippen LogP contribution in [0.4, 0.5) is 14.9 Å². The lowest BCUT2D eigenvalue weighted by Gasteiger charge is -2.13. The van der Waals surface area contributed by atoms with Gasteiger partial charge in [-0.1, -0.05) is 18.2 Å². The summed E-state index contributed by atoms with van der Waals surface area (Å²) in [5, 5.41) is 5.51. The van der Waals surface area contributed by atoms with Crippen molar-refractivity contribution in [3.05, 3.63) is 78.2 Å². The summed E-state index contributed by atoms with van der Waals surface area (Å²) in [7, 11) is 0. The van der Waals surface area contributed by atoms with Gasteiger partial charge in [0.25, 0.3) is 0 Å². The number of fused-ring (bicyclic) bond motifs is 1. The molecule has 28 heavy (non-hydrogen) atoms. The standard InChI is InChI=1S/C21H18FN3O3/c22-15-5-8-17(9-6-15)28-20-10-7-16(12-23-20)25-21(26)24-13-18-11-14-3-1-2-4-19(14)27-18/h1-10,12,18H,11,13H2,(H2,24,25,26). The molecular formula is C21H18FN3O3. The van der Waals surface area contributed by atoms with Crippen molar-refractivity contribution in [3.8, 4) is 17.4 Å². The molecule has 1 unspecified atom stereocenters. The normalized spacial score (nSPS) is 14.7. The summed E-state index contributed by atoms with van der Waals surface area (Å²) >= 11 is 0. The highest BCUT2D eigenvalue weighted by Gasteiger charge is 2.22. The fraction of sp³-hybridized carbons (Fsp3) is 0.143. The quantitative estimate of drug-likeness (QED) is 0.699. The van der Waals surface area contributed by atoms with E-state index in [-0.39, 0.29) is 18.0 Å². The molecule has 3 aromatic rings. The first-order valence-corrected chi connectivity index (χ1v) is 8.84. The molecule has 2 heterocycles. The van der Waals surface area contributed by atoms with Gasteiger partial charge in [0.05, 0.1) is 18.4 Å². The molecule has 1 aliphatic heterocycles. The number of pyridine rings is 1. The molecule has 0 radical (unpaired) electrons. The van der Waals surface area contributed by atoms with Crippen LogP contribution in [-0.4, -0.2) is 23.7 Å². The number of nitrogens with one attached hydrogen (secondary N) is 2. The maximum atomic E-state index is 12.9. The third-order valence-corrected chi connectivity index (χ3v) is 4.23. The number of anilines is 1. The van der Waals surface area contributed by atoms with Gasteiger partial charge in [0.15, 0.2) is 0 Å². The first-order valence-electron chi connectivity index (χ1n) is 8.84. The lowest BCUT2D eigenvalue weighted by Crippen LogP contribution is -2.37. The van der Waals surface area contributed by atoms with Crippen molar-refractivity contribution in [2.45, 2.75) is 12.5 Å². The third kappa shape index (κ3) is 4.37. The zero-order valence-corrected chi connectivity index (χ0v) is 14.9. The van der Waals surface area contributed by atoms with Gasteiger partial charge in [-0.2, -0.15) is 0 Å². The van der Waals surface area contributed by atoms with Gasteiger partial charge in [0, 0.05) is 12.5 Å². The van der Waals surface area contributed by atoms with E-state index >= 15 is 0 Å². The smallest absolute Gasteiger partial charge is 0.319 e. The first-order chi connectivity index (χ1) is 13.7. The van der Waals surface area contributed by atoms with Crippen LogP contribution in [0.1, 0.15) is 5.56 Å². The minimum atomic E-state index is -0.339. The Labute approximate surface area is 161 Å². The number of amides is 2. The van der Waals surface area contributed by atoms with Crippen LogP contribution in [0.5, 0.6) is 17.4 Å². The van der Waals surface area contributed by atoms with Crippen molar-refractivity contribution in [3.63, 3.8) is 0 Å². The van der Waals surface area contributed by atoms with E-state index < -0.39 is 0 Å². The largest absolute Gasteiger partial charge is 0.488 e. The molecule has 4 rings (SSSR count). The second-order valence-corrected chi connectivity index (χ2v) is 6.33. The Hall–Kier alpha value is -3.61. The van der Waals surface area contributed by atoms with E-state index in [2.05, 4.69) is 15.6 Å². The Morgan fingerprint density at radius 1 is 1.14 bits per heavy atom. The summed E-state index contributed by atoms with van der Waals surface area (Å²) in [6, 6.07) is 16.5. The number of hydrogen-bond acceptors (Lipinski definition) is 4. The molecule has 6 nitrogen and oxygen atoms in total. The minimum absolute atomic E-state index is 0.0761. The number of ether oxygens (including phenoxy) is 2. The fourth-order valence-corrected chi connectivity index (χ4v) is 2.89. The number of nitrogens with zero attached hydrogens (tertiary/aromatic N) is 1. The summed E-state index contributed by atoms with van der Waals surface area (Å²) in [6.07, 6.45) is 2.18. The van der Waals surface area contributed by atoms with E-state index in [0.717, 1.165) is 17.7 Å². The zero-order chi connectivity index (χ0) is 19.3. The average molecular weight is 379 g/mol. The van der Waals surface area contributed by atoms with Crippen LogP contribution in [0.2, 0.25) is 0 Å². The molecule has 0 bridgehead atoms. The molecule has 0 spiro atoms. The number of benzene rings is 2. The van der Waals surface area contributed by atoms with E-state index in [4.69, 9.17) is 9.47 Å². The van der Waals surface area contributed by atoms with Gasteiger partial charge < -0.3 is 20.1 Å². The van der Waals surface area contributed by atoms with Gasteiger partial charge in [-0.05, 0) is 42.0 Å². The van der Waals surface area contributed by atoms with E-state index in [0.29, 0.717) is 23.9 Å². The summed E-state index contributed by atoms with van der Waals surface area (Å²) in [5.74, 6) is 1.35. The zero-order valence-electron chi connectivity index (χ0n) is 14.9. The van der Waals surface area contributed by atoms with Crippen LogP contribution in [0.25, 0.3) is 0 Å². The van der Waals surface area contributed by atoms with Gasteiger partial charge in [-0.25, -0.2) is 14.2 Å². The summed E-state index contributed by atoms with van der Waals surface area (Å²) in [4.78, 5) is 16.2. The summed E-state index contributed by atoms with van der Waals surface area (Å²) in [6.45, 7) is 0.402. The number of carbonyl (C=O) groups is 1. The molecule has 0 saturated heterocycles. The highest BCUT2D eigenvalue weighted by Crippen LogP contribution is 2.27. The summed E-state index contributed by atoms with van der Waals surface area (Å²) in [5.41, 5.74) is 1.68. The van der Waals surface area contributed by atoms with E-state index in [1.165, 1.54) is 30.5 Å². The number of carbonyl (C=O) groups excluding carboxylic acids is 1. The van der Waals surface area contributed by atoms with Crippen molar-refractivity contribution in [2.24, 2.45) is 0 Å². The number of rotatable bonds is 5. The van der Waals surface area contributed by atoms with Gasteiger partial charge in [-0.3, -0.25) is 0 Å². The van der Waals surface area contributed by atoms with Crippen molar-refractivity contribution in [1.82, 2.24) is 10.3 Å². The molecule has 2 N–H and O–H groups in total. The van der Waals surface area contributed by atoms with Crippen molar-refractivity contribution in [2.75, 3.05) is 11.9 Å². The number of hydrogen-bond donors (Lipinski definition) is 2. The molecule has 1 atom stereocenters. The Morgan fingerprint density at radius 2 is 1.96 bits per heavy atom. The molecule has 2 amide bonds. The highest BCUT2D eigenvalue weighted by atomic mass is 19.1. The van der Waals surface area contributed by atoms with Crippen LogP contribution >= 0.6 is 0 Å². The molecular weight excluding hydrogens is 361 g/mol. The number of para-hydroxylation sites is 1. The number of halogens is 1.